The Bertz CT molecular complexity index is 929. The summed E-state index contributed by atoms with van der Waals surface area (Å²) in [6.45, 7) is 1.92. The van der Waals surface area contributed by atoms with Crippen molar-refractivity contribution >= 4 is 11.7 Å². The highest BCUT2D eigenvalue weighted by Gasteiger charge is 2.25. The van der Waals surface area contributed by atoms with E-state index in [1.807, 2.05) is 23.1 Å². The maximum Gasteiger partial charge on any atom is 0.260 e. The lowest BCUT2D eigenvalue weighted by molar-refractivity contribution is -0.134. The van der Waals surface area contributed by atoms with Crippen LogP contribution < -0.4 is 10.5 Å². The summed E-state index contributed by atoms with van der Waals surface area (Å²) in [5.74, 6) is 1.80. The minimum Gasteiger partial charge on any atom is -0.483 e. The normalized spacial score (nSPS) is 20.2. The van der Waals surface area contributed by atoms with E-state index in [9.17, 15) is 4.79 Å². The second-order valence-corrected chi connectivity index (χ2v) is 8.53. The summed E-state index contributed by atoms with van der Waals surface area (Å²) in [4.78, 5) is 18.0. The molecule has 1 aromatic carbocycles. The quantitative estimate of drug-likeness (QED) is 0.729. The van der Waals surface area contributed by atoms with Crippen LogP contribution in [0.2, 0.25) is 0 Å². The number of carbonyl (C=O) groups is 1. The fraction of sp³-hybridized carbons (Fsp3) is 0.500. The number of rotatable bonds is 5. The van der Waals surface area contributed by atoms with E-state index < -0.39 is 0 Å². The van der Waals surface area contributed by atoms with Gasteiger partial charge in [0, 0.05) is 26.4 Å². The van der Waals surface area contributed by atoms with Crippen molar-refractivity contribution in [1.29, 1.82) is 5.26 Å². The van der Waals surface area contributed by atoms with Crippen LogP contribution in [0.1, 0.15) is 62.0 Å². The molecule has 0 spiro atoms. The number of ether oxygens (including phenoxy) is 2. The molecule has 7 nitrogen and oxygen atoms in total. The van der Waals surface area contributed by atoms with Crippen molar-refractivity contribution in [2.75, 3.05) is 32.5 Å². The van der Waals surface area contributed by atoms with Gasteiger partial charge < -0.3 is 20.1 Å². The van der Waals surface area contributed by atoms with Gasteiger partial charge in [-0.3, -0.25) is 4.79 Å². The van der Waals surface area contributed by atoms with Gasteiger partial charge in [-0.25, -0.2) is 4.98 Å². The number of carbonyl (C=O) groups excluding carboxylic acids is 1. The number of likely N-dealkylation sites (tertiary alicyclic amines) is 1. The van der Waals surface area contributed by atoms with E-state index in [0.29, 0.717) is 23.4 Å². The SMILES string of the molecule is COC1CCC(c2ccccc2OCC(=O)N2CCCCC2)CC1.N#Cc1cccnc1N. The van der Waals surface area contributed by atoms with Crippen LogP contribution in [0.15, 0.2) is 42.6 Å². The maximum absolute atomic E-state index is 12.3. The first kappa shape index (κ1) is 24.5. The number of piperidine rings is 1. The molecule has 1 aliphatic heterocycles. The zero-order chi connectivity index (χ0) is 23.5. The topological polar surface area (TPSA) is 101 Å². The monoisotopic (exact) mass is 450 g/mol. The second-order valence-electron chi connectivity index (χ2n) is 8.53. The molecule has 2 N–H and O–H groups in total. The third-order valence-corrected chi connectivity index (χ3v) is 6.39. The number of amides is 1. The van der Waals surface area contributed by atoms with E-state index in [1.54, 1.807) is 25.4 Å². The molecule has 4 rings (SSSR count). The molecule has 1 aliphatic carbocycles. The highest BCUT2D eigenvalue weighted by atomic mass is 16.5. The van der Waals surface area contributed by atoms with E-state index in [2.05, 4.69) is 17.1 Å². The van der Waals surface area contributed by atoms with Crippen molar-refractivity contribution in [1.82, 2.24) is 9.88 Å². The number of anilines is 1. The number of nitrogens with zero attached hydrogens (tertiary/aromatic N) is 3. The van der Waals surface area contributed by atoms with Crippen LogP contribution in [-0.2, 0) is 9.53 Å². The molecule has 1 aromatic heterocycles. The molecular formula is C26H34N4O3. The molecule has 176 valence electrons. The molecule has 7 heteroatoms. The van der Waals surface area contributed by atoms with Crippen molar-refractivity contribution in [3.63, 3.8) is 0 Å². The molecule has 2 fully saturated rings. The second kappa shape index (κ2) is 12.8. The van der Waals surface area contributed by atoms with Crippen molar-refractivity contribution in [2.45, 2.75) is 57.0 Å². The molecule has 0 unspecified atom stereocenters. The van der Waals surface area contributed by atoms with Gasteiger partial charge in [-0.1, -0.05) is 18.2 Å². The van der Waals surface area contributed by atoms with E-state index in [4.69, 9.17) is 20.5 Å². The number of aromatic nitrogens is 1. The van der Waals surface area contributed by atoms with Crippen LogP contribution in [0.5, 0.6) is 5.75 Å². The third kappa shape index (κ3) is 7.19. The summed E-state index contributed by atoms with van der Waals surface area (Å²) < 4.78 is 11.4. The lowest BCUT2D eigenvalue weighted by Gasteiger charge is -2.29. The molecule has 0 radical (unpaired) electrons. The molecule has 2 heterocycles. The van der Waals surface area contributed by atoms with Gasteiger partial charge >= 0.3 is 0 Å². The van der Waals surface area contributed by atoms with Gasteiger partial charge in [0.25, 0.3) is 5.91 Å². The number of benzene rings is 1. The highest BCUT2D eigenvalue weighted by Crippen LogP contribution is 2.38. The Hall–Kier alpha value is -3.11. The minimum atomic E-state index is 0.118. The largest absolute Gasteiger partial charge is 0.483 e. The number of hydrogen-bond donors (Lipinski definition) is 1. The molecule has 1 amide bonds. The van der Waals surface area contributed by atoms with Crippen LogP contribution >= 0.6 is 0 Å². The van der Waals surface area contributed by atoms with Crippen LogP contribution in [0.3, 0.4) is 0 Å². The van der Waals surface area contributed by atoms with Gasteiger partial charge in [-0.2, -0.15) is 5.26 Å². The van der Waals surface area contributed by atoms with Crippen LogP contribution in [0.25, 0.3) is 0 Å². The fourth-order valence-corrected chi connectivity index (χ4v) is 4.44. The number of methoxy groups -OCH3 is 1. The number of nitriles is 1. The number of nitrogens with two attached hydrogens (primary N) is 1. The summed E-state index contributed by atoms with van der Waals surface area (Å²) in [6.07, 6.45) is 9.86. The third-order valence-electron chi connectivity index (χ3n) is 6.39. The average Bonchev–Trinajstić information content (AvgIpc) is 2.89. The first-order valence-electron chi connectivity index (χ1n) is 11.7. The Labute approximate surface area is 196 Å². The minimum absolute atomic E-state index is 0.118. The summed E-state index contributed by atoms with van der Waals surface area (Å²) in [6, 6.07) is 13.4. The molecule has 2 aromatic rings. The Balaban J connectivity index is 0.000000286. The van der Waals surface area contributed by atoms with E-state index >= 15 is 0 Å². The van der Waals surface area contributed by atoms with E-state index in [0.717, 1.165) is 57.4 Å². The van der Waals surface area contributed by atoms with Crippen LogP contribution in [-0.4, -0.2) is 48.7 Å². The zero-order valence-corrected chi connectivity index (χ0v) is 19.4. The van der Waals surface area contributed by atoms with Crippen molar-refractivity contribution in [3.8, 4) is 11.8 Å². The fourth-order valence-electron chi connectivity index (χ4n) is 4.44. The van der Waals surface area contributed by atoms with Gasteiger partial charge in [0.2, 0.25) is 0 Å². The lowest BCUT2D eigenvalue weighted by atomic mass is 9.82. The standard InChI is InChI=1S/C20H29NO3.C6H5N3/c1-23-17-11-9-16(10-12-17)18-7-3-4-8-19(18)24-15-20(22)21-13-5-2-6-14-21;7-4-5-2-1-3-9-6(5)8/h3-4,7-8,16-17H,2,5-6,9-15H2,1H3;1-3H,(H2,8,9). The Morgan fingerprint density at radius 2 is 1.85 bits per heavy atom. The Kier molecular flexibility index (Phi) is 9.52. The molecule has 0 bridgehead atoms. The molecule has 33 heavy (non-hydrogen) atoms. The van der Waals surface area contributed by atoms with Gasteiger partial charge in [0.1, 0.15) is 17.6 Å². The number of para-hydroxylation sites is 1. The number of nitrogen functional groups attached to an aromatic ring is 1. The molecular weight excluding hydrogens is 416 g/mol. The van der Waals surface area contributed by atoms with E-state index in [1.165, 1.54) is 12.0 Å². The van der Waals surface area contributed by atoms with Gasteiger partial charge in [-0.05, 0) is 74.6 Å². The molecule has 2 aliphatic rings. The summed E-state index contributed by atoms with van der Waals surface area (Å²) >= 11 is 0. The average molecular weight is 451 g/mol. The Morgan fingerprint density at radius 3 is 2.48 bits per heavy atom. The first-order valence-corrected chi connectivity index (χ1v) is 11.7. The van der Waals surface area contributed by atoms with Gasteiger partial charge in [0.05, 0.1) is 11.7 Å². The maximum atomic E-state index is 12.3. The zero-order valence-electron chi connectivity index (χ0n) is 19.4. The smallest absolute Gasteiger partial charge is 0.260 e. The Morgan fingerprint density at radius 1 is 1.12 bits per heavy atom. The summed E-state index contributed by atoms with van der Waals surface area (Å²) in [5, 5.41) is 8.35. The van der Waals surface area contributed by atoms with Crippen molar-refractivity contribution in [2.24, 2.45) is 0 Å². The van der Waals surface area contributed by atoms with Crippen LogP contribution in [0.4, 0.5) is 5.82 Å². The van der Waals surface area contributed by atoms with Gasteiger partial charge in [-0.15, -0.1) is 0 Å². The molecule has 1 saturated carbocycles. The molecule has 0 atom stereocenters. The molecule has 1 saturated heterocycles. The van der Waals surface area contributed by atoms with Crippen molar-refractivity contribution < 1.29 is 14.3 Å². The van der Waals surface area contributed by atoms with E-state index in [-0.39, 0.29) is 12.5 Å². The number of hydrogen-bond acceptors (Lipinski definition) is 6. The predicted octanol–water partition coefficient (Wildman–Crippen LogP) is 4.29. The van der Waals surface area contributed by atoms with Gasteiger partial charge in [0.15, 0.2) is 6.61 Å². The first-order chi connectivity index (χ1) is 16.1. The predicted molar refractivity (Wildman–Crippen MR) is 128 cm³/mol. The number of pyridine rings is 1. The lowest BCUT2D eigenvalue weighted by Crippen LogP contribution is -2.38. The summed E-state index contributed by atoms with van der Waals surface area (Å²) in [5.41, 5.74) is 6.97. The summed E-state index contributed by atoms with van der Waals surface area (Å²) in [7, 11) is 1.80. The van der Waals surface area contributed by atoms with Crippen LogP contribution in [0, 0.1) is 11.3 Å². The van der Waals surface area contributed by atoms with Crippen molar-refractivity contribution in [3.05, 3.63) is 53.7 Å². The highest BCUT2D eigenvalue weighted by molar-refractivity contribution is 5.77.